The van der Waals surface area contributed by atoms with Crippen molar-refractivity contribution in [2.24, 2.45) is 17.8 Å². The predicted octanol–water partition coefficient (Wildman–Crippen LogP) is 5.15. The maximum Gasteiger partial charge on any atom is 0.408 e. The second kappa shape index (κ2) is 16.2. The summed E-state index contributed by atoms with van der Waals surface area (Å²) in [4.78, 5) is 62.4. The Morgan fingerprint density at radius 2 is 1.93 bits per heavy atom. The van der Waals surface area contributed by atoms with Crippen molar-refractivity contribution >= 4 is 44.6 Å². The number of nitrogens with one attached hydrogen (secondary N) is 3. The van der Waals surface area contributed by atoms with Crippen molar-refractivity contribution in [3.63, 3.8) is 0 Å². The number of allylic oxidation sites excluding steroid dienone is 1. The molecule has 318 valence electrons. The molecule has 1 aromatic carbocycles. The molecule has 2 aliphatic carbocycles. The van der Waals surface area contributed by atoms with Gasteiger partial charge in [0.25, 0.3) is 12.3 Å². The lowest BCUT2D eigenvalue weighted by Crippen LogP contribution is -2.59. The lowest BCUT2D eigenvalue weighted by atomic mass is 9.85. The lowest BCUT2D eigenvalue weighted by Gasteiger charge is -2.34. The van der Waals surface area contributed by atoms with Crippen molar-refractivity contribution in [3.8, 4) is 11.6 Å². The van der Waals surface area contributed by atoms with E-state index in [0.29, 0.717) is 36.8 Å². The average Bonchev–Trinajstić information content (AvgIpc) is 4.09. The third-order valence-corrected chi connectivity index (χ3v) is 13.5. The van der Waals surface area contributed by atoms with Gasteiger partial charge in [-0.15, -0.1) is 0 Å². The van der Waals surface area contributed by atoms with Gasteiger partial charge in [-0.1, -0.05) is 32.4 Å². The Bertz CT molecular complexity index is 2190. The summed E-state index contributed by atoms with van der Waals surface area (Å²) < 4.78 is 109. The number of amides is 4. The van der Waals surface area contributed by atoms with Crippen LogP contribution in [0.15, 0.2) is 36.5 Å². The highest BCUT2D eigenvalue weighted by atomic mass is 32.2. The Hall–Kier alpha value is -4.61. The first kappa shape index (κ1) is 38.9. The zero-order chi connectivity index (χ0) is 44.9. The standard InChI is InChI=1S/C40H52F3N5O9S/c1-7-23-16-22(2)10-8-9-11-24-19-40(24,36(51)47-58(53,54)39(5)14-15-39)46-32(49)29-18-26(56-33-28-17-25(41)12-13-27(28)30(55-6)20-44-33)21-48(29)34(50)31(23)45-37(52)57-38(3,4)35(42)43/h9,11-13,17,20,22-24,26,29,31,35H,7-8,10,14-16,18-19,21H2,1-6H3,(H,45,52)(H,46,49)(H,47,51)/b11-9-/t22-,23+,24+,26+,29-,31-,40+/m0/s1/i5D3. The minimum atomic E-state index is -4.76. The fraction of sp³-hybridized carbons (Fsp3) is 0.625. The number of benzene rings is 1. The maximum atomic E-state index is 14.9. The van der Waals surface area contributed by atoms with E-state index in [-0.39, 0.29) is 49.4 Å². The summed E-state index contributed by atoms with van der Waals surface area (Å²) in [6, 6.07) is 1.04. The normalized spacial score (nSPS) is 30.2. The summed E-state index contributed by atoms with van der Waals surface area (Å²) in [5.74, 6) is -4.51. The minimum Gasteiger partial charge on any atom is -0.494 e. The number of pyridine rings is 1. The van der Waals surface area contributed by atoms with E-state index in [0.717, 1.165) is 18.7 Å². The molecule has 4 amide bonds. The van der Waals surface area contributed by atoms with Crippen LogP contribution in [0.4, 0.5) is 18.0 Å². The van der Waals surface area contributed by atoms with Gasteiger partial charge in [0.15, 0.2) is 5.60 Å². The zero-order valence-electron chi connectivity index (χ0n) is 36.0. The molecule has 2 aliphatic heterocycles. The van der Waals surface area contributed by atoms with Gasteiger partial charge in [-0.05, 0) is 89.3 Å². The number of carbonyl (C=O) groups excluding carboxylic acids is 4. The predicted molar refractivity (Wildman–Crippen MR) is 206 cm³/mol. The Kier molecular flexibility index (Phi) is 10.9. The first-order valence-corrected chi connectivity index (χ1v) is 20.9. The summed E-state index contributed by atoms with van der Waals surface area (Å²) >= 11 is 0. The van der Waals surface area contributed by atoms with Gasteiger partial charge in [0.2, 0.25) is 27.7 Å². The van der Waals surface area contributed by atoms with E-state index in [1.807, 2.05) is 11.6 Å². The number of sulfonamides is 1. The number of nitrogens with zero attached hydrogens (tertiary/aromatic N) is 2. The second-order valence-electron chi connectivity index (χ2n) is 16.4. The quantitative estimate of drug-likeness (QED) is 0.271. The van der Waals surface area contributed by atoms with E-state index < -0.39 is 98.8 Å². The molecule has 0 bridgehead atoms. The number of hydrogen-bond acceptors (Lipinski definition) is 10. The number of methoxy groups -OCH3 is 1. The van der Waals surface area contributed by atoms with Crippen molar-refractivity contribution in [3.05, 3.63) is 42.4 Å². The summed E-state index contributed by atoms with van der Waals surface area (Å²) in [5.41, 5.74) is -4.08. The van der Waals surface area contributed by atoms with Gasteiger partial charge in [-0.25, -0.2) is 31.4 Å². The van der Waals surface area contributed by atoms with Crippen molar-refractivity contribution in [2.75, 3.05) is 13.7 Å². The van der Waals surface area contributed by atoms with Gasteiger partial charge in [0.1, 0.15) is 35.3 Å². The fourth-order valence-corrected chi connectivity index (χ4v) is 9.01. The third kappa shape index (κ3) is 8.71. The van der Waals surface area contributed by atoms with E-state index in [2.05, 4.69) is 15.6 Å². The van der Waals surface area contributed by atoms with Gasteiger partial charge in [0, 0.05) is 21.8 Å². The molecule has 7 atom stereocenters. The molecule has 3 fully saturated rings. The van der Waals surface area contributed by atoms with Crippen LogP contribution in [0.3, 0.4) is 0 Å². The number of aromatic nitrogens is 1. The lowest BCUT2D eigenvalue weighted by molar-refractivity contribution is -0.142. The highest BCUT2D eigenvalue weighted by Crippen LogP contribution is 2.48. The topological polar surface area (TPSA) is 182 Å². The van der Waals surface area contributed by atoms with Gasteiger partial charge >= 0.3 is 6.09 Å². The van der Waals surface area contributed by atoms with E-state index in [9.17, 15) is 40.8 Å². The van der Waals surface area contributed by atoms with E-state index in [1.165, 1.54) is 31.5 Å². The van der Waals surface area contributed by atoms with Gasteiger partial charge in [-0.3, -0.25) is 19.1 Å². The highest BCUT2D eigenvalue weighted by molar-refractivity contribution is 7.91. The second-order valence-corrected chi connectivity index (χ2v) is 18.4. The monoisotopic (exact) mass is 838 g/mol. The van der Waals surface area contributed by atoms with Crippen LogP contribution in [0.5, 0.6) is 11.6 Å². The number of halogens is 3. The van der Waals surface area contributed by atoms with E-state index >= 15 is 0 Å². The first-order valence-electron chi connectivity index (χ1n) is 20.9. The fourth-order valence-electron chi connectivity index (χ4n) is 7.75. The Balaban J connectivity index is 1.38. The molecule has 14 nitrogen and oxygen atoms in total. The minimum absolute atomic E-state index is 0.0469. The molecule has 2 saturated carbocycles. The molecule has 3 N–H and O–H groups in total. The zero-order valence-corrected chi connectivity index (χ0v) is 33.8. The summed E-state index contributed by atoms with van der Waals surface area (Å²) in [7, 11) is -3.35. The Labute approximate surface area is 340 Å². The number of carbonyl (C=O) groups is 4. The van der Waals surface area contributed by atoms with Crippen molar-refractivity contribution in [2.45, 2.75) is 126 Å². The molecule has 0 radical (unpaired) electrons. The summed E-state index contributed by atoms with van der Waals surface area (Å²) in [6.07, 6.45) is 0.612. The van der Waals surface area contributed by atoms with Crippen LogP contribution in [0.2, 0.25) is 0 Å². The van der Waals surface area contributed by atoms with Crippen molar-refractivity contribution in [1.82, 2.24) is 25.2 Å². The van der Waals surface area contributed by atoms with Crippen LogP contribution in [0.25, 0.3) is 10.8 Å². The van der Waals surface area contributed by atoms with Gasteiger partial charge in [-0.2, -0.15) is 0 Å². The summed E-state index contributed by atoms with van der Waals surface area (Å²) in [6.45, 7) is 2.54. The van der Waals surface area contributed by atoms with Crippen LogP contribution >= 0.6 is 0 Å². The number of alkyl carbamates (subject to hydrolysis) is 1. The molecule has 58 heavy (non-hydrogen) atoms. The molecule has 1 saturated heterocycles. The molecule has 0 unspecified atom stereocenters. The Morgan fingerprint density at radius 3 is 2.59 bits per heavy atom. The number of rotatable bonds is 10. The van der Waals surface area contributed by atoms with Crippen LogP contribution in [-0.2, 0) is 29.1 Å². The van der Waals surface area contributed by atoms with E-state index in [1.54, 1.807) is 19.1 Å². The molecule has 2 aromatic rings. The SMILES string of the molecule is [2H]C([2H])([2H])C1(S(=O)(=O)NC(=O)[C@@]23C[C@H]2/C=C\CC[C@H](C)C[C@@H](CC)[C@H](NC(=O)OC(C)(C)C(F)F)C(=O)N2C[C@H](Oc4ncc(OC)c5ccc(F)cc45)C[C@H]2C(=O)N3)CC1. The average molecular weight is 839 g/mol. The van der Waals surface area contributed by atoms with Crippen molar-refractivity contribution in [1.29, 1.82) is 0 Å². The number of ether oxygens (including phenoxy) is 3. The molecule has 3 heterocycles. The Morgan fingerprint density at radius 1 is 1.19 bits per heavy atom. The number of hydrogen-bond donors (Lipinski definition) is 3. The van der Waals surface area contributed by atoms with Gasteiger partial charge < -0.3 is 29.7 Å². The molecule has 0 spiro atoms. The van der Waals surface area contributed by atoms with Crippen LogP contribution in [0, 0.1) is 23.6 Å². The highest BCUT2D eigenvalue weighted by Gasteiger charge is 2.63. The molecule has 18 heteroatoms. The molecular formula is C40H52F3N5O9S. The van der Waals surface area contributed by atoms with Crippen LogP contribution in [0.1, 0.15) is 90.0 Å². The third-order valence-electron chi connectivity index (χ3n) is 11.7. The smallest absolute Gasteiger partial charge is 0.408 e. The van der Waals surface area contributed by atoms with Crippen molar-refractivity contribution < 1.29 is 59.1 Å². The molecule has 6 rings (SSSR count). The molecule has 4 aliphatic rings. The number of alkyl halides is 2. The largest absolute Gasteiger partial charge is 0.494 e. The molecular weight excluding hydrogens is 784 g/mol. The number of fused-ring (bicyclic) bond motifs is 3. The molecule has 1 aromatic heterocycles. The van der Waals surface area contributed by atoms with Crippen LogP contribution in [-0.4, -0.2) is 96.3 Å². The first-order chi connectivity index (χ1) is 28.5. The van der Waals surface area contributed by atoms with Crippen LogP contribution < -0.4 is 24.8 Å². The van der Waals surface area contributed by atoms with Gasteiger partial charge in [0.05, 0.1) is 30.0 Å². The van der Waals surface area contributed by atoms with E-state index in [4.69, 9.17) is 18.3 Å². The summed E-state index contributed by atoms with van der Waals surface area (Å²) in [5, 5.41) is 5.88. The maximum absolute atomic E-state index is 14.9.